The standard InChI is InChI=1S/C24H26Cl2O4/c1-23(2,3)21(27)29-19(15-7-11-17(25)12-8-15)20(30-22(28)24(4,5)6)16-9-13-18(26)14-10-16/h7-14H,1-6H3. The molecule has 0 aliphatic heterocycles. The van der Waals surface area contributed by atoms with E-state index in [1.54, 1.807) is 90.1 Å². The second-order valence-electron chi connectivity index (χ2n) is 8.95. The molecule has 160 valence electrons. The van der Waals surface area contributed by atoms with E-state index >= 15 is 0 Å². The van der Waals surface area contributed by atoms with Gasteiger partial charge in [-0.1, -0.05) is 23.2 Å². The van der Waals surface area contributed by atoms with E-state index in [0.717, 1.165) is 0 Å². The Morgan fingerprint density at radius 3 is 1.10 bits per heavy atom. The second-order valence-corrected chi connectivity index (χ2v) is 9.82. The number of esters is 2. The summed E-state index contributed by atoms with van der Waals surface area (Å²) in [7, 11) is 0. The number of rotatable bonds is 4. The monoisotopic (exact) mass is 448 g/mol. The van der Waals surface area contributed by atoms with Crippen molar-refractivity contribution in [2.75, 3.05) is 0 Å². The van der Waals surface area contributed by atoms with E-state index < -0.39 is 22.8 Å². The Balaban J connectivity index is 2.74. The second kappa shape index (κ2) is 9.23. The van der Waals surface area contributed by atoms with Crippen LogP contribution in [0, 0.1) is 10.8 Å². The average Bonchev–Trinajstić information content (AvgIpc) is 2.64. The lowest BCUT2D eigenvalue weighted by Gasteiger charge is -2.23. The summed E-state index contributed by atoms with van der Waals surface area (Å²) in [5.41, 5.74) is -0.444. The van der Waals surface area contributed by atoms with Crippen LogP contribution in [0.1, 0.15) is 52.7 Å². The van der Waals surface area contributed by atoms with Crippen LogP contribution in [0.25, 0.3) is 11.5 Å². The lowest BCUT2D eigenvalue weighted by atomic mass is 9.96. The fourth-order valence-corrected chi connectivity index (χ4v) is 2.42. The van der Waals surface area contributed by atoms with Crippen molar-refractivity contribution in [3.63, 3.8) is 0 Å². The molecular weight excluding hydrogens is 423 g/mol. The summed E-state index contributed by atoms with van der Waals surface area (Å²) in [6.07, 6.45) is 0. The highest BCUT2D eigenvalue weighted by molar-refractivity contribution is 6.31. The maximum Gasteiger partial charge on any atom is 0.316 e. The molecule has 0 atom stereocenters. The molecule has 0 amide bonds. The Morgan fingerprint density at radius 1 is 0.600 bits per heavy atom. The van der Waals surface area contributed by atoms with Crippen LogP contribution in [-0.2, 0) is 19.1 Å². The van der Waals surface area contributed by atoms with Gasteiger partial charge in [0, 0.05) is 21.2 Å². The lowest BCUT2D eigenvalue weighted by Crippen LogP contribution is -2.25. The van der Waals surface area contributed by atoms with Gasteiger partial charge in [0.25, 0.3) is 0 Å². The normalized spacial score (nSPS) is 12.8. The Kier molecular flexibility index (Phi) is 7.38. The molecule has 30 heavy (non-hydrogen) atoms. The van der Waals surface area contributed by atoms with Crippen molar-refractivity contribution in [1.29, 1.82) is 0 Å². The Hall–Kier alpha value is -2.30. The van der Waals surface area contributed by atoms with Gasteiger partial charge in [0.15, 0.2) is 11.5 Å². The predicted molar refractivity (Wildman–Crippen MR) is 121 cm³/mol. The summed E-state index contributed by atoms with van der Waals surface area (Å²) in [5.74, 6) is -0.672. The molecule has 0 fully saturated rings. The van der Waals surface area contributed by atoms with Gasteiger partial charge >= 0.3 is 11.9 Å². The predicted octanol–water partition coefficient (Wildman–Crippen LogP) is 7.00. The van der Waals surface area contributed by atoms with Gasteiger partial charge in [0.1, 0.15) is 0 Å². The van der Waals surface area contributed by atoms with E-state index in [-0.39, 0.29) is 11.5 Å². The van der Waals surface area contributed by atoms with Crippen LogP contribution in [0.2, 0.25) is 10.0 Å². The van der Waals surface area contributed by atoms with Crippen LogP contribution in [0.15, 0.2) is 48.5 Å². The Morgan fingerprint density at radius 2 is 0.867 bits per heavy atom. The quantitative estimate of drug-likeness (QED) is 0.287. The van der Waals surface area contributed by atoms with Gasteiger partial charge in [-0.25, -0.2) is 0 Å². The molecule has 0 saturated carbocycles. The van der Waals surface area contributed by atoms with Crippen molar-refractivity contribution < 1.29 is 19.1 Å². The van der Waals surface area contributed by atoms with Crippen LogP contribution in [-0.4, -0.2) is 11.9 Å². The maximum atomic E-state index is 12.7. The third-order valence-corrected chi connectivity index (χ3v) is 4.54. The number of ether oxygens (including phenoxy) is 2. The van der Waals surface area contributed by atoms with Crippen LogP contribution in [0.3, 0.4) is 0 Å². The number of halogens is 2. The van der Waals surface area contributed by atoms with E-state index in [0.29, 0.717) is 21.2 Å². The molecule has 0 aliphatic carbocycles. The molecule has 4 nitrogen and oxygen atoms in total. The number of hydrogen-bond acceptors (Lipinski definition) is 4. The van der Waals surface area contributed by atoms with Crippen molar-refractivity contribution in [3.05, 3.63) is 69.7 Å². The van der Waals surface area contributed by atoms with E-state index in [1.165, 1.54) is 0 Å². The summed E-state index contributed by atoms with van der Waals surface area (Å²) in [4.78, 5) is 25.5. The highest BCUT2D eigenvalue weighted by Gasteiger charge is 2.30. The van der Waals surface area contributed by atoms with Crippen LogP contribution >= 0.6 is 23.2 Å². The SMILES string of the molecule is CC(C)(C)C(=O)OC(=C(OC(=O)C(C)(C)C)c1ccc(Cl)cc1)c1ccc(Cl)cc1. The average molecular weight is 449 g/mol. The largest absolute Gasteiger partial charge is 0.421 e. The molecule has 0 heterocycles. The van der Waals surface area contributed by atoms with Crippen molar-refractivity contribution in [1.82, 2.24) is 0 Å². The van der Waals surface area contributed by atoms with Crippen molar-refractivity contribution >= 4 is 46.7 Å². The molecule has 0 saturated heterocycles. The van der Waals surface area contributed by atoms with E-state index in [9.17, 15) is 9.59 Å². The zero-order valence-electron chi connectivity index (χ0n) is 18.0. The first kappa shape index (κ1) is 24.0. The van der Waals surface area contributed by atoms with E-state index in [1.807, 2.05) is 0 Å². The Bertz CT molecular complexity index is 865. The summed E-state index contributed by atoms with van der Waals surface area (Å²) in [6.45, 7) is 10.5. The summed E-state index contributed by atoms with van der Waals surface area (Å²) < 4.78 is 11.6. The zero-order chi connectivity index (χ0) is 22.7. The fourth-order valence-electron chi connectivity index (χ4n) is 2.17. The zero-order valence-corrected chi connectivity index (χ0v) is 19.5. The molecule has 0 aromatic heterocycles. The van der Waals surface area contributed by atoms with Gasteiger partial charge < -0.3 is 9.47 Å². The molecule has 0 aliphatic rings. The lowest BCUT2D eigenvalue weighted by molar-refractivity contribution is -0.147. The smallest absolute Gasteiger partial charge is 0.316 e. The van der Waals surface area contributed by atoms with Crippen molar-refractivity contribution in [2.24, 2.45) is 10.8 Å². The van der Waals surface area contributed by atoms with Gasteiger partial charge in [-0.15, -0.1) is 0 Å². The van der Waals surface area contributed by atoms with Gasteiger partial charge in [0.2, 0.25) is 0 Å². The first-order valence-electron chi connectivity index (χ1n) is 9.50. The molecule has 2 aromatic carbocycles. The van der Waals surface area contributed by atoms with Crippen LogP contribution in [0.5, 0.6) is 0 Å². The molecule has 0 N–H and O–H groups in total. The summed E-state index contributed by atoms with van der Waals surface area (Å²) >= 11 is 12.1. The van der Waals surface area contributed by atoms with Gasteiger partial charge in [-0.3, -0.25) is 9.59 Å². The fraction of sp³-hybridized carbons (Fsp3) is 0.333. The summed E-state index contributed by atoms with van der Waals surface area (Å²) in [6, 6.07) is 13.5. The molecule has 0 bridgehead atoms. The molecule has 2 aromatic rings. The minimum absolute atomic E-state index is 0.131. The highest BCUT2D eigenvalue weighted by Crippen LogP contribution is 2.34. The summed E-state index contributed by atoms with van der Waals surface area (Å²) in [5, 5.41) is 1.06. The van der Waals surface area contributed by atoms with Gasteiger partial charge in [-0.2, -0.15) is 0 Å². The maximum absolute atomic E-state index is 12.7. The molecular formula is C24H26Cl2O4. The minimum Gasteiger partial charge on any atom is -0.421 e. The first-order chi connectivity index (χ1) is 13.8. The minimum atomic E-state index is -0.767. The molecule has 0 unspecified atom stereocenters. The topological polar surface area (TPSA) is 52.6 Å². The number of hydrogen-bond donors (Lipinski definition) is 0. The van der Waals surface area contributed by atoms with Crippen molar-refractivity contribution in [2.45, 2.75) is 41.5 Å². The third kappa shape index (κ3) is 6.35. The first-order valence-corrected chi connectivity index (χ1v) is 10.3. The van der Waals surface area contributed by atoms with Gasteiger partial charge in [0.05, 0.1) is 10.8 Å². The number of carbonyl (C=O) groups is 2. The van der Waals surface area contributed by atoms with Crippen molar-refractivity contribution in [3.8, 4) is 0 Å². The van der Waals surface area contributed by atoms with Crippen LogP contribution < -0.4 is 0 Å². The molecule has 0 radical (unpaired) electrons. The number of benzene rings is 2. The number of carbonyl (C=O) groups excluding carboxylic acids is 2. The van der Waals surface area contributed by atoms with Crippen LogP contribution in [0.4, 0.5) is 0 Å². The molecule has 2 rings (SSSR count). The molecule has 6 heteroatoms. The van der Waals surface area contributed by atoms with E-state index in [2.05, 4.69) is 0 Å². The third-order valence-electron chi connectivity index (χ3n) is 4.03. The van der Waals surface area contributed by atoms with Gasteiger partial charge in [-0.05, 0) is 90.1 Å². The Labute approximate surface area is 187 Å². The van der Waals surface area contributed by atoms with E-state index in [4.69, 9.17) is 32.7 Å². The molecule has 0 spiro atoms. The highest BCUT2D eigenvalue weighted by atomic mass is 35.5.